The molecule has 192 valence electrons. The summed E-state index contributed by atoms with van der Waals surface area (Å²) in [5, 5.41) is 0. The number of hydrogen-bond donors (Lipinski definition) is 0. The van der Waals surface area contributed by atoms with Gasteiger partial charge in [-0.25, -0.2) is 8.42 Å². The highest BCUT2D eigenvalue weighted by molar-refractivity contribution is 7.98. The second-order valence-corrected chi connectivity index (χ2v) is 11.8. The highest BCUT2D eigenvalue weighted by Crippen LogP contribution is 2.47. The van der Waals surface area contributed by atoms with Crippen molar-refractivity contribution in [3.8, 4) is 5.75 Å². The molecule has 35 heavy (non-hydrogen) atoms. The molecule has 0 spiro atoms. The predicted molar refractivity (Wildman–Crippen MR) is 143 cm³/mol. The lowest BCUT2D eigenvalue weighted by Crippen LogP contribution is -2.37. The summed E-state index contributed by atoms with van der Waals surface area (Å²) in [4.78, 5) is 15.0. The molecule has 3 rings (SSSR count). The molecule has 1 aliphatic heterocycles. The number of thioether (sulfide) groups is 1. The highest BCUT2D eigenvalue weighted by Gasteiger charge is 2.41. The first-order valence-electron chi connectivity index (χ1n) is 12.3. The fourth-order valence-electron chi connectivity index (χ4n) is 4.62. The Bertz CT molecular complexity index is 1100. The van der Waals surface area contributed by atoms with Gasteiger partial charge < -0.3 is 14.4 Å². The molecule has 0 N–H and O–H groups in total. The van der Waals surface area contributed by atoms with Crippen LogP contribution in [0.5, 0.6) is 5.75 Å². The molecule has 0 radical (unpaired) electrons. The van der Waals surface area contributed by atoms with Crippen LogP contribution in [0.15, 0.2) is 52.3 Å². The molecule has 0 saturated carbocycles. The van der Waals surface area contributed by atoms with Gasteiger partial charge in [0.05, 0.1) is 40.9 Å². The smallest absolute Gasteiger partial charge is 0.309 e. The Kier molecular flexibility index (Phi) is 9.53. The summed E-state index contributed by atoms with van der Waals surface area (Å²) in [5.74, 6) is 0.252. The fraction of sp³-hybridized carbons (Fsp3) is 0.519. The van der Waals surface area contributed by atoms with Crippen molar-refractivity contribution < 1.29 is 22.7 Å². The molecule has 0 fully saturated rings. The van der Waals surface area contributed by atoms with Crippen molar-refractivity contribution in [3.63, 3.8) is 0 Å². The van der Waals surface area contributed by atoms with Crippen molar-refractivity contribution in [3.05, 3.63) is 42.5 Å². The number of unbranched alkanes of at least 4 members (excludes halogenated alkanes) is 1. The van der Waals surface area contributed by atoms with Gasteiger partial charge in [-0.05, 0) is 44.2 Å². The molecule has 1 unspecified atom stereocenters. The minimum Gasteiger partial charge on any atom is -0.492 e. The predicted octanol–water partition coefficient (Wildman–Crippen LogP) is 6.25. The summed E-state index contributed by atoms with van der Waals surface area (Å²) >= 11 is 1.50. The van der Waals surface area contributed by atoms with E-state index in [4.69, 9.17) is 9.47 Å². The Morgan fingerprint density at radius 1 is 1.14 bits per heavy atom. The van der Waals surface area contributed by atoms with Gasteiger partial charge in [0.15, 0.2) is 9.84 Å². The van der Waals surface area contributed by atoms with E-state index < -0.39 is 9.84 Å². The Balaban J connectivity index is 2.10. The van der Waals surface area contributed by atoms with Gasteiger partial charge in [-0.2, -0.15) is 0 Å². The van der Waals surface area contributed by atoms with E-state index in [2.05, 4.69) is 18.7 Å². The number of sulfone groups is 1. The lowest BCUT2D eigenvalue weighted by Gasteiger charge is -2.36. The number of benzene rings is 2. The fourth-order valence-corrected chi connectivity index (χ4v) is 7.34. The van der Waals surface area contributed by atoms with Gasteiger partial charge in [0, 0.05) is 23.7 Å². The average molecular weight is 520 g/mol. The number of hydrogen-bond acceptors (Lipinski definition) is 7. The zero-order chi connectivity index (χ0) is 25.5. The van der Waals surface area contributed by atoms with Crippen LogP contribution < -0.4 is 9.64 Å². The third-order valence-electron chi connectivity index (χ3n) is 6.61. The number of esters is 1. The van der Waals surface area contributed by atoms with Crippen molar-refractivity contribution in [2.45, 2.75) is 62.7 Å². The third kappa shape index (κ3) is 6.53. The zero-order valence-corrected chi connectivity index (χ0v) is 22.8. The van der Waals surface area contributed by atoms with Crippen molar-refractivity contribution in [1.29, 1.82) is 0 Å². The number of carbonyl (C=O) groups is 1. The molecule has 1 aliphatic rings. The molecule has 0 aromatic heterocycles. The standard InChI is InChI=1S/C27H37NO5S2/c1-5-8-15-27(6-2)19-28(21-12-10-9-11-13-21)22-17-24(34-4)23(18-25(22)35(30,31)20-27)33-16-14-26(29)32-7-3/h9-13,17-18H,5-8,14-16,19-20H2,1-4H3. The van der Waals surface area contributed by atoms with E-state index in [1.165, 1.54) is 11.8 Å². The van der Waals surface area contributed by atoms with Gasteiger partial charge in [0.25, 0.3) is 0 Å². The molecule has 2 aromatic carbocycles. The van der Waals surface area contributed by atoms with Crippen LogP contribution >= 0.6 is 11.8 Å². The van der Waals surface area contributed by atoms with E-state index in [9.17, 15) is 13.2 Å². The molecule has 6 nitrogen and oxygen atoms in total. The van der Waals surface area contributed by atoms with E-state index in [1.807, 2.05) is 42.7 Å². The van der Waals surface area contributed by atoms with Crippen LogP contribution in [-0.4, -0.2) is 46.2 Å². The number of carbonyl (C=O) groups excluding carboxylic acids is 1. The molecule has 1 heterocycles. The van der Waals surface area contributed by atoms with Crippen molar-refractivity contribution in [2.24, 2.45) is 5.41 Å². The van der Waals surface area contributed by atoms with Gasteiger partial charge in [-0.1, -0.05) is 44.9 Å². The van der Waals surface area contributed by atoms with Crippen LogP contribution in [-0.2, 0) is 19.4 Å². The number of fused-ring (bicyclic) bond motifs is 1. The van der Waals surface area contributed by atoms with Gasteiger partial charge >= 0.3 is 5.97 Å². The number of ether oxygens (including phenoxy) is 2. The maximum absolute atomic E-state index is 13.9. The van der Waals surface area contributed by atoms with Gasteiger partial charge in [0.2, 0.25) is 0 Å². The van der Waals surface area contributed by atoms with Crippen LogP contribution in [0.3, 0.4) is 0 Å². The summed E-state index contributed by atoms with van der Waals surface area (Å²) in [6.07, 6.45) is 5.69. The SMILES string of the molecule is CCCCC1(CC)CN(c2ccccc2)c2cc(SC)c(OCCC(=O)OCC)cc2S(=O)(=O)C1. The first kappa shape index (κ1) is 27.4. The second kappa shape index (κ2) is 12.2. The first-order valence-corrected chi connectivity index (χ1v) is 15.2. The van der Waals surface area contributed by atoms with Gasteiger partial charge in [-0.15, -0.1) is 11.8 Å². The lowest BCUT2D eigenvalue weighted by atomic mass is 9.81. The number of anilines is 2. The van der Waals surface area contributed by atoms with Crippen molar-refractivity contribution >= 4 is 38.9 Å². The normalized spacial score (nSPS) is 19.0. The summed E-state index contributed by atoms with van der Waals surface area (Å²) in [7, 11) is -3.59. The molecule has 0 bridgehead atoms. The van der Waals surface area contributed by atoms with Crippen LogP contribution in [0.2, 0.25) is 0 Å². The quantitative estimate of drug-likeness (QED) is 0.256. The van der Waals surface area contributed by atoms with Crippen LogP contribution in [0, 0.1) is 5.41 Å². The molecule has 2 aromatic rings. The minimum absolute atomic E-state index is 0.105. The van der Waals surface area contributed by atoms with E-state index in [0.717, 1.165) is 36.3 Å². The van der Waals surface area contributed by atoms with E-state index in [-0.39, 0.29) is 35.1 Å². The van der Waals surface area contributed by atoms with Crippen LogP contribution in [0.25, 0.3) is 0 Å². The molecular formula is C27H37NO5S2. The molecule has 0 amide bonds. The molecular weight excluding hydrogens is 482 g/mol. The largest absolute Gasteiger partial charge is 0.492 e. The minimum atomic E-state index is -3.59. The van der Waals surface area contributed by atoms with Crippen LogP contribution in [0.1, 0.15) is 52.9 Å². The summed E-state index contributed by atoms with van der Waals surface area (Å²) in [6, 6.07) is 13.6. The maximum Gasteiger partial charge on any atom is 0.309 e. The van der Waals surface area contributed by atoms with Crippen molar-refractivity contribution in [1.82, 2.24) is 0 Å². The Hall–Kier alpha value is -2.19. The summed E-state index contributed by atoms with van der Waals surface area (Å²) in [6.45, 7) is 7.08. The molecule has 1 atom stereocenters. The lowest BCUT2D eigenvalue weighted by molar-refractivity contribution is -0.143. The number of para-hydroxylation sites is 1. The number of rotatable bonds is 11. The number of nitrogens with zero attached hydrogens (tertiary/aromatic N) is 1. The summed E-state index contributed by atoms with van der Waals surface area (Å²) in [5.41, 5.74) is 1.31. The van der Waals surface area contributed by atoms with Crippen LogP contribution in [0.4, 0.5) is 11.4 Å². The van der Waals surface area contributed by atoms with Gasteiger partial charge in [0.1, 0.15) is 5.75 Å². The Labute approximate surface area is 214 Å². The molecule has 8 heteroatoms. The molecule has 0 aliphatic carbocycles. The topological polar surface area (TPSA) is 72.9 Å². The zero-order valence-electron chi connectivity index (χ0n) is 21.2. The van der Waals surface area contributed by atoms with Crippen molar-refractivity contribution in [2.75, 3.05) is 36.7 Å². The Morgan fingerprint density at radius 2 is 1.89 bits per heavy atom. The average Bonchev–Trinajstić information content (AvgIpc) is 2.95. The van der Waals surface area contributed by atoms with Gasteiger partial charge in [-0.3, -0.25) is 4.79 Å². The van der Waals surface area contributed by atoms with E-state index in [0.29, 0.717) is 24.6 Å². The van der Waals surface area contributed by atoms with E-state index in [1.54, 1.807) is 13.0 Å². The first-order chi connectivity index (χ1) is 16.8. The van der Waals surface area contributed by atoms with E-state index >= 15 is 0 Å². The Morgan fingerprint density at radius 3 is 2.51 bits per heavy atom. The second-order valence-electron chi connectivity index (χ2n) is 9.01. The maximum atomic E-state index is 13.9. The highest BCUT2D eigenvalue weighted by atomic mass is 32.2. The molecule has 0 saturated heterocycles. The monoisotopic (exact) mass is 519 g/mol. The third-order valence-corrected chi connectivity index (χ3v) is 9.36. The summed E-state index contributed by atoms with van der Waals surface area (Å²) < 4.78 is 38.6.